The van der Waals surface area contributed by atoms with Crippen LogP contribution in [0.25, 0.3) is 0 Å². The van der Waals surface area contributed by atoms with Crippen LogP contribution in [-0.4, -0.2) is 26.9 Å². The Kier molecular flexibility index (Phi) is 5.51. The molecular formula is C17H21N3O3. The quantitative estimate of drug-likeness (QED) is 0.818. The molecule has 0 aliphatic carbocycles. The fourth-order valence-corrected chi connectivity index (χ4v) is 2.28. The average Bonchev–Trinajstić information content (AvgIpc) is 2.50. The number of hydrogen-bond acceptors (Lipinski definition) is 4. The zero-order chi connectivity index (χ0) is 16.8. The van der Waals surface area contributed by atoms with E-state index in [2.05, 4.69) is 10.4 Å². The minimum absolute atomic E-state index is 0.231. The van der Waals surface area contributed by atoms with Crippen LogP contribution in [0.3, 0.4) is 0 Å². The first-order valence-corrected chi connectivity index (χ1v) is 7.56. The van der Waals surface area contributed by atoms with Crippen LogP contribution in [0.5, 0.6) is 0 Å². The molecule has 2 rings (SSSR count). The van der Waals surface area contributed by atoms with Crippen LogP contribution >= 0.6 is 0 Å². The molecule has 1 aromatic carbocycles. The molecule has 2 aromatic rings. The summed E-state index contributed by atoms with van der Waals surface area (Å²) in [6.07, 6.45) is 1.96. The first-order valence-electron chi connectivity index (χ1n) is 7.56. The van der Waals surface area contributed by atoms with Crippen LogP contribution in [0.4, 0.5) is 5.69 Å². The molecule has 0 saturated heterocycles. The second-order valence-electron chi connectivity index (χ2n) is 5.89. The van der Waals surface area contributed by atoms with Gasteiger partial charge in [-0.1, -0.05) is 44.2 Å². The van der Waals surface area contributed by atoms with E-state index in [-0.39, 0.29) is 11.5 Å². The Bertz CT molecular complexity index is 711. The van der Waals surface area contributed by atoms with E-state index < -0.39 is 12.0 Å². The summed E-state index contributed by atoms with van der Waals surface area (Å²) in [5.41, 5.74) is 1.13. The second kappa shape index (κ2) is 7.58. The summed E-state index contributed by atoms with van der Waals surface area (Å²) in [6, 6.07) is 10.2. The standard InChI is InChI=1S/C17H21N3O3/c1-12(2)8-15(17(22)23)19-14-9-16(21)20(18-10-14)11-13-6-4-3-5-7-13/h3-7,9-10,12,15,19H,8,11H2,1-2H3,(H,22,23)/t15-/m0/s1. The average molecular weight is 315 g/mol. The minimum atomic E-state index is -0.938. The van der Waals surface area contributed by atoms with Gasteiger partial charge in [0.25, 0.3) is 5.56 Å². The normalized spacial score (nSPS) is 12.1. The van der Waals surface area contributed by atoms with Gasteiger partial charge in [0.15, 0.2) is 0 Å². The number of nitrogens with zero attached hydrogens (tertiary/aromatic N) is 2. The third kappa shape index (κ3) is 4.95. The molecule has 0 bridgehead atoms. The molecule has 0 radical (unpaired) electrons. The summed E-state index contributed by atoms with van der Waals surface area (Å²) < 4.78 is 1.35. The highest BCUT2D eigenvalue weighted by atomic mass is 16.4. The zero-order valence-corrected chi connectivity index (χ0v) is 13.3. The molecular weight excluding hydrogens is 294 g/mol. The van der Waals surface area contributed by atoms with Gasteiger partial charge in [-0.05, 0) is 17.9 Å². The van der Waals surface area contributed by atoms with Gasteiger partial charge in [0, 0.05) is 6.07 Å². The number of carboxylic acids is 1. The van der Waals surface area contributed by atoms with Crippen molar-refractivity contribution in [2.24, 2.45) is 5.92 Å². The topological polar surface area (TPSA) is 84.2 Å². The van der Waals surface area contributed by atoms with Crippen LogP contribution in [0.1, 0.15) is 25.8 Å². The van der Waals surface area contributed by atoms with Gasteiger partial charge in [0.1, 0.15) is 6.04 Å². The van der Waals surface area contributed by atoms with Crippen LogP contribution in [0.2, 0.25) is 0 Å². The van der Waals surface area contributed by atoms with E-state index in [1.165, 1.54) is 16.9 Å². The molecule has 0 unspecified atom stereocenters. The molecule has 6 nitrogen and oxygen atoms in total. The molecule has 0 aliphatic rings. The lowest BCUT2D eigenvalue weighted by molar-refractivity contribution is -0.138. The third-order valence-electron chi connectivity index (χ3n) is 3.39. The number of carboxylic acid groups (broad SMARTS) is 1. The Balaban J connectivity index is 2.12. The van der Waals surface area contributed by atoms with Crippen LogP contribution < -0.4 is 10.9 Å². The van der Waals surface area contributed by atoms with Crippen molar-refractivity contribution in [2.75, 3.05) is 5.32 Å². The van der Waals surface area contributed by atoms with E-state index in [0.29, 0.717) is 18.7 Å². The van der Waals surface area contributed by atoms with Gasteiger partial charge in [-0.2, -0.15) is 5.10 Å². The predicted molar refractivity (Wildman–Crippen MR) is 88.5 cm³/mol. The number of aliphatic carboxylic acids is 1. The van der Waals surface area contributed by atoms with Crippen molar-refractivity contribution in [3.8, 4) is 0 Å². The number of anilines is 1. The Morgan fingerprint density at radius 1 is 1.30 bits per heavy atom. The van der Waals surface area contributed by atoms with Gasteiger partial charge >= 0.3 is 5.97 Å². The second-order valence-corrected chi connectivity index (χ2v) is 5.89. The van der Waals surface area contributed by atoms with Crippen molar-refractivity contribution < 1.29 is 9.90 Å². The Morgan fingerprint density at radius 3 is 2.57 bits per heavy atom. The molecule has 0 saturated carbocycles. The van der Waals surface area contributed by atoms with E-state index in [1.807, 2.05) is 44.2 Å². The molecule has 23 heavy (non-hydrogen) atoms. The van der Waals surface area contributed by atoms with Gasteiger partial charge < -0.3 is 10.4 Å². The molecule has 6 heteroatoms. The Hall–Kier alpha value is -2.63. The molecule has 1 heterocycles. The summed E-state index contributed by atoms with van der Waals surface area (Å²) in [6.45, 7) is 4.29. The van der Waals surface area contributed by atoms with Gasteiger partial charge in [-0.15, -0.1) is 0 Å². The molecule has 0 aliphatic heterocycles. The molecule has 1 aromatic heterocycles. The smallest absolute Gasteiger partial charge is 0.326 e. The van der Waals surface area contributed by atoms with Crippen molar-refractivity contribution in [2.45, 2.75) is 32.9 Å². The summed E-state index contributed by atoms with van der Waals surface area (Å²) in [5, 5.41) is 16.2. The highest BCUT2D eigenvalue weighted by Gasteiger charge is 2.19. The van der Waals surface area contributed by atoms with Gasteiger partial charge in [0.05, 0.1) is 18.4 Å². The van der Waals surface area contributed by atoms with Crippen molar-refractivity contribution in [1.29, 1.82) is 0 Å². The predicted octanol–water partition coefficient (Wildman–Crippen LogP) is 2.20. The Morgan fingerprint density at radius 2 is 2.00 bits per heavy atom. The number of rotatable bonds is 7. The molecule has 0 amide bonds. The van der Waals surface area contributed by atoms with E-state index in [1.54, 1.807) is 0 Å². The maximum atomic E-state index is 12.1. The van der Waals surface area contributed by atoms with Gasteiger partial charge in [0.2, 0.25) is 0 Å². The Labute approximate surface area is 134 Å². The molecule has 1 atom stereocenters. The van der Waals surface area contributed by atoms with E-state index in [0.717, 1.165) is 5.56 Å². The molecule has 0 fully saturated rings. The van der Waals surface area contributed by atoms with E-state index in [9.17, 15) is 14.7 Å². The minimum Gasteiger partial charge on any atom is -0.480 e. The van der Waals surface area contributed by atoms with Crippen LogP contribution in [0, 0.1) is 5.92 Å². The zero-order valence-electron chi connectivity index (χ0n) is 13.3. The van der Waals surface area contributed by atoms with Crippen molar-refractivity contribution in [3.05, 3.63) is 58.5 Å². The van der Waals surface area contributed by atoms with Crippen molar-refractivity contribution >= 4 is 11.7 Å². The van der Waals surface area contributed by atoms with E-state index in [4.69, 9.17) is 0 Å². The highest BCUT2D eigenvalue weighted by molar-refractivity contribution is 5.77. The monoisotopic (exact) mass is 315 g/mol. The van der Waals surface area contributed by atoms with Gasteiger partial charge in [-0.3, -0.25) is 4.79 Å². The summed E-state index contributed by atoms with van der Waals surface area (Å²) in [7, 11) is 0. The lowest BCUT2D eigenvalue weighted by atomic mass is 10.0. The SMILES string of the molecule is CC(C)C[C@H](Nc1cnn(Cc2ccccc2)c(=O)c1)C(=O)O. The summed E-state index contributed by atoms with van der Waals surface area (Å²) in [4.78, 5) is 23.4. The number of carbonyl (C=O) groups is 1. The van der Waals surface area contributed by atoms with Crippen LogP contribution in [0.15, 0.2) is 47.4 Å². The first kappa shape index (κ1) is 16.7. The summed E-state index contributed by atoms with van der Waals surface area (Å²) in [5.74, 6) is -0.706. The van der Waals surface area contributed by atoms with Gasteiger partial charge in [-0.25, -0.2) is 9.48 Å². The maximum Gasteiger partial charge on any atom is 0.326 e. The molecule has 122 valence electrons. The van der Waals surface area contributed by atoms with Crippen molar-refractivity contribution in [1.82, 2.24) is 9.78 Å². The molecule has 2 N–H and O–H groups in total. The largest absolute Gasteiger partial charge is 0.480 e. The number of hydrogen-bond donors (Lipinski definition) is 2. The number of nitrogens with one attached hydrogen (secondary N) is 1. The fraction of sp³-hybridized carbons (Fsp3) is 0.353. The third-order valence-corrected chi connectivity index (χ3v) is 3.39. The van der Waals surface area contributed by atoms with Crippen molar-refractivity contribution in [3.63, 3.8) is 0 Å². The maximum absolute atomic E-state index is 12.1. The highest BCUT2D eigenvalue weighted by Crippen LogP contribution is 2.11. The fourth-order valence-electron chi connectivity index (χ4n) is 2.28. The lowest BCUT2D eigenvalue weighted by Crippen LogP contribution is -2.32. The molecule has 0 spiro atoms. The van der Waals surface area contributed by atoms with Crippen LogP contribution in [-0.2, 0) is 11.3 Å². The summed E-state index contributed by atoms with van der Waals surface area (Å²) >= 11 is 0. The lowest BCUT2D eigenvalue weighted by Gasteiger charge is -2.17. The number of aromatic nitrogens is 2. The number of benzene rings is 1. The van der Waals surface area contributed by atoms with E-state index >= 15 is 0 Å². The first-order chi connectivity index (χ1) is 11.0.